The Morgan fingerprint density at radius 2 is 2.00 bits per heavy atom. The van der Waals surface area contributed by atoms with Gasteiger partial charge < -0.3 is 0 Å². The third kappa shape index (κ3) is 3.40. The van der Waals surface area contributed by atoms with Gasteiger partial charge in [-0.05, 0) is 38.0 Å². The molecule has 116 valence electrons. The quantitative estimate of drug-likeness (QED) is 0.715. The maximum Gasteiger partial charge on any atom is 0.433 e. The SMILES string of the molecule is C[C@@H]1O[P@](=O)(Nc2cc(Cl)ccc2Cl)O[C@H]2CCCC[C@@H]12. The molecular formula is C14H18Cl2NO3P. The van der Waals surface area contributed by atoms with Crippen molar-refractivity contribution in [3.8, 4) is 0 Å². The first-order valence-corrected chi connectivity index (χ1v) is 9.47. The summed E-state index contributed by atoms with van der Waals surface area (Å²) in [5.74, 6) is 0.317. The first-order valence-electron chi connectivity index (χ1n) is 7.17. The van der Waals surface area contributed by atoms with Crippen LogP contribution in [0.2, 0.25) is 10.0 Å². The molecule has 1 saturated carbocycles. The summed E-state index contributed by atoms with van der Waals surface area (Å²) in [5, 5.41) is 3.76. The van der Waals surface area contributed by atoms with Crippen LogP contribution in [-0.2, 0) is 13.6 Å². The zero-order valence-corrected chi connectivity index (χ0v) is 14.1. The van der Waals surface area contributed by atoms with Crippen LogP contribution in [0.5, 0.6) is 0 Å². The fraction of sp³-hybridized carbons (Fsp3) is 0.571. The summed E-state index contributed by atoms with van der Waals surface area (Å²) in [7, 11) is -3.42. The highest BCUT2D eigenvalue weighted by molar-refractivity contribution is 7.55. The van der Waals surface area contributed by atoms with Crippen LogP contribution < -0.4 is 5.09 Å². The van der Waals surface area contributed by atoms with E-state index in [-0.39, 0.29) is 12.2 Å². The van der Waals surface area contributed by atoms with Crippen molar-refractivity contribution >= 4 is 36.6 Å². The molecule has 1 saturated heterocycles. The molecule has 0 unspecified atom stereocenters. The number of benzene rings is 1. The van der Waals surface area contributed by atoms with Crippen LogP contribution in [0.1, 0.15) is 32.6 Å². The van der Waals surface area contributed by atoms with Gasteiger partial charge in [-0.25, -0.2) is 4.57 Å². The van der Waals surface area contributed by atoms with E-state index >= 15 is 0 Å². The molecule has 0 spiro atoms. The van der Waals surface area contributed by atoms with Gasteiger partial charge in [-0.2, -0.15) is 0 Å². The van der Waals surface area contributed by atoms with Crippen LogP contribution in [0.25, 0.3) is 0 Å². The lowest BCUT2D eigenvalue weighted by Crippen LogP contribution is -2.40. The zero-order valence-electron chi connectivity index (χ0n) is 11.7. The second-order valence-electron chi connectivity index (χ2n) is 5.64. The van der Waals surface area contributed by atoms with E-state index in [9.17, 15) is 4.57 Å². The maximum atomic E-state index is 12.9. The van der Waals surface area contributed by atoms with E-state index in [0.29, 0.717) is 21.7 Å². The van der Waals surface area contributed by atoms with Gasteiger partial charge in [-0.3, -0.25) is 14.1 Å². The van der Waals surface area contributed by atoms with Crippen LogP contribution in [0.15, 0.2) is 18.2 Å². The van der Waals surface area contributed by atoms with E-state index in [1.807, 2.05) is 6.92 Å². The Morgan fingerprint density at radius 3 is 2.81 bits per heavy atom. The Morgan fingerprint density at radius 1 is 1.24 bits per heavy atom. The van der Waals surface area contributed by atoms with E-state index in [2.05, 4.69) is 5.09 Å². The molecule has 1 aromatic rings. The molecule has 4 atom stereocenters. The Balaban J connectivity index is 1.81. The summed E-state index contributed by atoms with van der Waals surface area (Å²) in [5.41, 5.74) is 0.467. The lowest BCUT2D eigenvalue weighted by atomic mass is 9.83. The Labute approximate surface area is 134 Å². The fourth-order valence-electron chi connectivity index (χ4n) is 3.08. The standard InChI is InChI=1S/C14H18Cl2NO3P/c1-9-11-4-2-3-5-14(11)20-21(18,19-9)17-13-8-10(15)6-7-12(13)16/h6-9,11,14H,2-5H2,1H3,(H,17,18)/t9-,11-,14-,21+/m0/s1. The van der Waals surface area contributed by atoms with Gasteiger partial charge in [0.15, 0.2) is 0 Å². The van der Waals surface area contributed by atoms with Gasteiger partial charge in [-0.1, -0.05) is 36.0 Å². The molecule has 0 radical (unpaired) electrons. The predicted octanol–water partition coefficient (Wildman–Crippen LogP) is 5.51. The van der Waals surface area contributed by atoms with Crippen molar-refractivity contribution in [2.24, 2.45) is 5.92 Å². The lowest BCUT2D eigenvalue weighted by Gasteiger charge is -2.42. The Hall–Kier alpha value is -0.250. The molecule has 3 rings (SSSR count). The van der Waals surface area contributed by atoms with Gasteiger partial charge in [-0.15, -0.1) is 0 Å². The van der Waals surface area contributed by atoms with Crippen molar-refractivity contribution in [3.05, 3.63) is 28.2 Å². The number of rotatable bonds is 2. The monoisotopic (exact) mass is 349 g/mol. The Kier molecular flexibility index (Phi) is 4.54. The summed E-state index contributed by atoms with van der Waals surface area (Å²) < 4.78 is 24.3. The van der Waals surface area contributed by atoms with Crippen molar-refractivity contribution in [1.82, 2.24) is 0 Å². The number of anilines is 1. The molecule has 2 fully saturated rings. The minimum atomic E-state index is -3.42. The minimum Gasteiger partial charge on any atom is -0.291 e. The first kappa shape index (κ1) is 15.6. The van der Waals surface area contributed by atoms with Crippen LogP contribution in [0.4, 0.5) is 5.69 Å². The maximum absolute atomic E-state index is 12.9. The van der Waals surface area contributed by atoms with E-state index < -0.39 is 7.75 Å². The molecule has 1 N–H and O–H groups in total. The van der Waals surface area contributed by atoms with Gasteiger partial charge in [0.2, 0.25) is 0 Å². The highest BCUT2D eigenvalue weighted by Gasteiger charge is 2.45. The molecule has 1 aliphatic heterocycles. The van der Waals surface area contributed by atoms with Gasteiger partial charge in [0.1, 0.15) is 0 Å². The van der Waals surface area contributed by atoms with E-state index in [0.717, 1.165) is 19.3 Å². The number of hydrogen-bond acceptors (Lipinski definition) is 3. The molecule has 0 amide bonds. The summed E-state index contributed by atoms with van der Waals surface area (Å²) in [6.45, 7) is 1.96. The van der Waals surface area contributed by atoms with Crippen molar-refractivity contribution in [1.29, 1.82) is 0 Å². The summed E-state index contributed by atoms with van der Waals surface area (Å²) >= 11 is 12.0. The lowest BCUT2D eigenvalue weighted by molar-refractivity contribution is -0.0363. The fourth-order valence-corrected chi connectivity index (χ4v) is 5.33. The molecule has 7 heteroatoms. The molecule has 4 nitrogen and oxygen atoms in total. The van der Waals surface area contributed by atoms with E-state index in [1.54, 1.807) is 18.2 Å². The smallest absolute Gasteiger partial charge is 0.291 e. The highest BCUT2D eigenvalue weighted by Crippen LogP contribution is 2.58. The second kappa shape index (κ2) is 6.10. The number of nitrogens with one attached hydrogen (secondary N) is 1. The average molecular weight is 350 g/mol. The van der Waals surface area contributed by atoms with Gasteiger partial charge in [0.05, 0.1) is 22.9 Å². The number of fused-ring (bicyclic) bond motifs is 1. The molecule has 1 aromatic carbocycles. The zero-order chi connectivity index (χ0) is 15.0. The normalized spacial score (nSPS) is 36.0. The van der Waals surface area contributed by atoms with Crippen LogP contribution >= 0.6 is 30.9 Å². The third-order valence-electron chi connectivity index (χ3n) is 4.12. The molecule has 1 aliphatic carbocycles. The van der Waals surface area contributed by atoms with E-state index in [4.69, 9.17) is 32.2 Å². The van der Waals surface area contributed by atoms with Gasteiger partial charge >= 0.3 is 7.75 Å². The number of hydrogen-bond donors (Lipinski definition) is 1. The number of halogens is 2. The average Bonchev–Trinajstić information content (AvgIpc) is 2.42. The van der Waals surface area contributed by atoms with Crippen LogP contribution in [0.3, 0.4) is 0 Å². The summed E-state index contributed by atoms with van der Waals surface area (Å²) in [6, 6.07) is 4.94. The topological polar surface area (TPSA) is 47.6 Å². The van der Waals surface area contributed by atoms with Gasteiger partial charge in [0, 0.05) is 10.9 Å². The molecule has 1 heterocycles. The molecule has 0 bridgehead atoms. The van der Waals surface area contributed by atoms with Crippen molar-refractivity contribution in [3.63, 3.8) is 0 Å². The first-order chi connectivity index (χ1) is 9.97. The summed E-state index contributed by atoms with van der Waals surface area (Å²) in [4.78, 5) is 0. The van der Waals surface area contributed by atoms with Gasteiger partial charge in [0.25, 0.3) is 0 Å². The van der Waals surface area contributed by atoms with Crippen molar-refractivity contribution in [2.45, 2.75) is 44.8 Å². The van der Waals surface area contributed by atoms with Crippen molar-refractivity contribution in [2.75, 3.05) is 5.09 Å². The second-order valence-corrected chi connectivity index (χ2v) is 8.12. The molecular weight excluding hydrogens is 332 g/mol. The molecule has 21 heavy (non-hydrogen) atoms. The van der Waals surface area contributed by atoms with Crippen LogP contribution in [0, 0.1) is 5.92 Å². The predicted molar refractivity (Wildman–Crippen MR) is 85.1 cm³/mol. The minimum absolute atomic E-state index is 0.0150. The van der Waals surface area contributed by atoms with Crippen LogP contribution in [-0.4, -0.2) is 12.2 Å². The van der Waals surface area contributed by atoms with Crippen molar-refractivity contribution < 1.29 is 13.6 Å². The highest BCUT2D eigenvalue weighted by atomic mass is 35.5. The third-order valence-corrected chi connectivity index (χ3v) is 6.36. The molecule has 0 aromatic heterocycles. The molecule has 2 aliphatic rings. The Bertz CT molecular complexity index is 583. The largest absolute Gasteiger partial charge is 0.433 e. The summed E-state index contributed by atoms with van der Waals surface area (Å²) in [6.07, 6.45) is 4.15. The van der Waals surface area contributed by atoms with E-state index in [1.165, 1.54) is 6.42 Å².